The topological polar surface area (TPSA) is 47.6 Å². The zero-order chi connectivity index (χ0) is 15.9. The standard InChI is InChI=1S/C20H24N2O/c21-13-19(14-22-15-20-3-1-2-12-23-20)18-10-8-17(9-11-18)7-6-16-4-5-16/h8-11,13-14,16,20H,1-5,12,15,21H2/b19-13+,22-14?. The lowest BCUT2D eigenvalue weighted by Gasteiger charge is -2.20. The van der Waals surface area contributed by atoms with Gasteiger partial charge in [0, 0.05) is 36.1 Å². The van der Waals surface area contributed by atoms with Gasteiger partial charge in [-0.2, -0.15) is 0 Å². The van der Waals surface area contributed by atoms with Crippen LogP contribution in [-0.2, 0) is 4.74 Å². The monoisotopic (exact) mass is 308 g/mol. The minimum atomic E-state index is 0.263. The number of hydrogen-bond donors (Lipinski definition) is 1. The molecular weight excluding hydrogens is 284 g/mol. The predicted molar refractivity (Wildman–Crippen MR) is 95.2 cm³/mol. The highest BCUT2D eigenvalue weighted by Gasteiger charge is 2.17. The second-order valence-electron chi connectivity index (χ2n) is 6.23. The molecule has 1 aliphatic heterocycles. The molecule has 23 heavy (non-hydrogen) atoms. The van der Waals surface area contributed by atoms with Gasteiger partial charge in [0.2, 0.25) is 0 Å². The zero-order valence-corrected chi connectivity index (χ0v) is 13.5. The lowest BCUT2D eigenvalue weighted by atomic mass is 10.1. The minimum absolute atomic E-state index is 0.263. The molecule has 1 aromatic rings. The predicted octanol–water partition coefficient (Wildman–Crippen LogP) is 3.39. The van der Waals surface area contributed by atoms with Crippen LogP contribution >= 0.6 is 0 Å². The molecule has 120 valence electrons. The third-order valence-electron chi connectivity index (χ3n) is 4.21. The number of allylic oxidation sites excluding steroid dienone is 1. The molecule has 0 amide bonds. The summed E-state index contributed by atoms with van der Waals surface area (Å²) in [7, 11) is 0. The normalized spacial score (nSPS) is 21.9. The molecule has 1 aliphatic carbocycles. The molecule has 0 spiro atoms. The van der Waals surface area contributed by atoms with Crippen LogP contribution in [0.2, 0.25) is 0 Å². The molecule has 2 fully saturated rings. The Labute approximate surface area is 138 Å². The Kier molecular flexibility index (Phi) is 5.50. The lowest BCUT2D eigenvalue weighted by Crippen LogP contribution is -2.21. The lowest BCUT2D eigenvalue weighted by molar-refractivity contribution is 0.0226. The summed E-state index contributed by atoms with van der Waals surface area (Å²) in [4.78, 5) is 4.51. The number of hydrogen-bond acceptors (Lipinski definition) is 3. The van der Waals surface area contributed by atoms with E-state index in [0.717, 1.165) is 29.7 Å². The molecule has 0 aromatic heterocycles. The van der Waals surface area contributed by atoms with Gasteiger partial charge in [-0.25, -0.2) is 0 Å². The molecule has 1 saturated carbocycles. The first-order chi connectivity index (χ1) is 11.3. The van der Waals surface area contributed by atoms with Crippen LogP contribution in [0.4, 0.5) is 0 Å². The van der Waals surface area contributed by atoms with E-state index >= 15 is 0 Å². The Hall–Kier alpha value is -2.05. The molecule has 3 rings (SSSR count). The summed E-state index contributed by atoms with van der Waals surface area (Å²) in [5, 5.41) is 0. The van der Waals surface area contributed by atoms with Gasteiger partial charge in [-0.15, -0.1) is 0 Å². The summed E-state index contributed by atoms with van der Waals surface area (Å²) >= 11 is 0. The van der Waals surface area contributed by atoms with E-state index in [4.69, 9.17) is 10.5 Å². The van der Waals surface area contributed by atoms with Gasteiger partial charge < -0.3 is 10.5 Å². The van der Waals surface area contributed by atoms with E-state index in [0.29, 0.717) is 12.5 Å². The van der Waals surface area contributed by atoms with Crippen LogP contribution in [0.5, 0.6) is 0 Å². The Balaban J connectivity index is 1.58. The maximum Gasteiger partial charge on any atom is 0.0770 e. The number of rotatable bonds is 4. The van der Waals surface area contributed by atoms with Gasteiger partial charge in [0.05, 0.1) is 12.6 Å². The van der Waals surface area contributed by atoms with Crippen molar-refractivity contribution >= 4 is 11.8 Å². The molecule has 1 aromatic carbocycles. The minimum Gasteiger partial charge on any atom is -0.404 e. The van der Waals surface area contributed by atoms with Crippen molar-refractivity contribution < 1.29 is 4.74 Å². The van der Waals surface area contributed by atoms with Gasteiger partial charge in [0.25, 0.3) is 0 Å². The number of benzene rings is 1. The van der Waals surface area contributed by atoms with Crippen LogP contribution in [0.15, 0.2) is 35.5 Å². The SMILES string of the molecule is N/C=C(\C=NCC1CCCCO1)c1ccc(C#CC2CC2)cc1. The van der Waals surface area contributed by atoms with Crippen LogP contribution in [0, 0.1) is 17.8 Å². The number of ether oxygens (including phenoxy) is 1. The van der Waals surface area contributed by atoms with E-state index in [1.807, 2.05) is 18.3 Å². The van der Waals surface area contributed by atoms with Gasteiger partial charge >= 0.3 is 0 Å². The van der Waals surface area contributed by atoms with Crippen LogP contribution in [0.3, 0.4) is 0 Å². The third-order valence-corrected chi connectivity index (χ3v) is 4.21. The van der Waals surface area contributed by atoms with Crippen LogP contribution < -0.4 is 5.73 Å². The van der Waals surface area contributed by atoms with Crippen molar-refractivity contribution in [3.8, 4) is 11.8 Å². The summed E-state index contributed by atoms with van der Waals surface area (Å²) in [6.45, 7) is 1.57. The van der Waals surface area contributed by atoms with E-state index in [1.165, 1.54) is 25.7 Å². The molecule has 2 N–H and O–H groups in total. The molecule has 0 radical (unpaired) electrons. The van der Waals surface area contributed by atoms with E-state index in [-0.39, 0.29) is 6.10 Å². The molecule has 0 bridgehead atoms. The Morgan fingerprint density at radius 1 is 1.22 bits per heavy atom. The number of aliphatic imine (C=N–C) groups is 1. The highest BCUT2D eigenvalue weighted by atomic mass is 16.5. The molecule has 1 atom stereocenters. The first kappa shape index (κ1) is 15.8. The summed E-state index contributed by atoms with van der Waals surface area (Å²) in [5.74, 6) is 7.13. The number of nitrogens with two attached hydrogens (primary N) is 1. The highest BCUT2D eigenvalue weighted by Crippen LogP contribution is 2.27. The van der Waals surface area contributed by atoms with Crippen molar-refractivity contribution in [3.05, 3.63) is 41.6 Å². The van der Waals surface area contributed by atoms with E-state index < -0.39 is 0 Å². The molecule has 2 aliphatic rings. The summed E-state index contributed by atoms with van der Waals surface area (Å²) in [6.07, 6.45) is 9.75. The van der Waals surface area contributed by atoms with Gasteiger partial charge in [-0.1, -0.05) is 24.0 Å². The molecule has 1 heterocycles. The maximum atomic E-state index is 5.76. The molecule has 3 nitrogen and oxygen atoms in total. The van der Waals surface area contributed by atoms with Gasteiger partial charge in [0.15, 0.2) is 0 Å². The van der Waals surface area contributed by atoms with Crippen LogP contribution in [-0.4, -0.2) is 25.5 Å². The molecule has 1 saturated heterocycles. The van der Waals surface area contributed by atoms with E-state index in [2.05, 4.69) is 29.0 Å². The first-order valence-electron chi connectivity index (χ1n) is 8.50. The van der Waals surface area contributed by atoms with Gasteiger partial charge in [0.1, 0.15) is 0 Å². The van der Waals surface area contributed by atoms with Crippen molar-refractivity contribution in [2.75, 3.05) is 13.2 Å². The first-order valence-corrected chi connectivity index (χ1v) is 8.50. The van der Waals surface area contributed by atoms with Gasteiger partial charge in [-0.3, -0.25) is 4.99 Å². The smallest absolute Gasteiger partial charge is 0.0770 e. The fraction of sp³-hybridized carbons (Fsp3) is 0.450. The Morgan fingerprint density at radius 3 is 2.70 bits per heavy atom. The zero-order valence-electron chi connectivity index (χ0n) is 13.5. The van der Waals surface area contributed by atoms with Crippen LogP contribution in [0.25, 0.3) is 5.57 Å². The van der Waals surface area contributed by atoms with Crippen molar-refractivity contribution in [1.29, 1.82) is 0 Å². The fourth-order valence-corrected chi connectivity index (χ4v) is 2.59. The average molecular weight is 308 g/mol. The second-order valence-corrected chi connectivity index (χ2v) is 6.23. The van der Waals surface area contributed by atoms with Crippen molar-refractivity contribution in [2.45, 2.75) is 38.2 Å². The van der Waals surface area contributed by atoms with E-state index in [9.17, 15) is 0 Å². The molecule has 3 heteroatoms. The van der Waals surface area contributed by atoms with Gasteiger partial charge in [-0.05, 0) is 49.8 Å². The Bertz CT molecular complexity index is 624. The van der Waals surface area contributed by atoms with E-state index in [1.54, 1.807) is 6.20 Å². The molecular formula is C20H24N2O. The highest BCUT2D eigenvalue weighted by molar-refractivity contribution is 6.09. The van der Waals surface area contributed by atoms with Crippen molar-refractivity contribution in [3.63, 3.8) is 0 Å². The van der Waals surface area contributed by atoms with Crippen LogP contribution in [0.1, 0.15) is 43.2 Å². The third kappa shape index (κ3) is 4.97. The Morgan fingerprint density at radius 2 is 2.04 bits per heavy atom. The quantitative estimate of drug-likeness (QED) is 0.684. The van der Waals surface area contributed by atoms with Crippen molar-refractivity contribution in [1.82, 2.24) is 0 Å². The summed E-state index contributed by atoms with van der Waals surface area (Å²) in [5.41, 5.74) is 8.82. The fourth-order valence-electron chi connectivity index (χ4n) is 2.59. The maximum absolute atomic E-state index is 5.76. The second kappa shape index (κ2) is 7.99. The summed E-state index contributed by atoms with van der Waals surface area (Å²) in [6, 6.07) is 8.20. The number of nitrogens with zero attached hydrogens (tertiary/aromatic N) is 1. The summed E-state index contributed by atoms with van der Waals surface area (Å²) < 4.78 is 5.69. The average Bonchev–Trinajstić information content (AvgIpc) is 3.43. The molecule has 1 unspecified atom stereocenters. The largest absolute Gasteiger partial charge is 0.404 e. The van der Waals surface area contributed by atoms with Crippen molar-refractivity contribution in [2.24, 2.45) is 16.6 Å².